The minimum atomic E-state index is -0.334. The molecule has 1 amide bonds. The third-order valence-corrected chi connectivity index (χ3v) is 5.89. The van der Waals surface area contributed by atoms with E-state index in [1.165, 1.54) is 11.8 Å². The van der Waals surface area contributed by atoms with Crippen LogP contribution in [0.5, 0.6) is 5.75 Å². The molecule has 1 aromatic heterocycles. The van der Waals surface area contributed by atoms with Crippen molar-refractivity contribution in [2.45, 2.75) is 17.3 Å². The van der Waals surface area contributed by atoms with Crippen molar-refractivity contribution in [2.24, 2.45) is 0 Å². The molecule has 3 aromatic rings. The Kier molecular flexibility index (Phi) is 6.64. The molecule has 1 N–H and O–H groups in total. The summed E-state index contributed by atoms with van der Waals surface area (Å²) in [6, 6.07) is 13.2. The van der Waals surface area contributed by atoms with Gasteiger partial charge < -0.3 is 10.1 Å². The van der Waals surface area contributed by atoms with E-state index in [0.717, 1.165) is 15.7 Å². The highest BCUT2D eigenvalue weighted by Crippen LogP contribution is 2.33. The van der Waals surface area contributed by atoms with Gasteiger partial charge in [-0.2, -0.15) is 0 Å². The number of hydrogen-bond donors (Lipinski definition) is 1. The van der Waals surface area contributed by atoms with Crippen LogP contribution in [0, 0.1) is 0 Å². The Bertz CT molecular complexity index is 994. The van der Waals surface area contributed by atoms with Crippen LogP contribution in [-0.4, -0.2) is 40.1 Å². The minimum absolute atomic E-state index is 0.0856. The van der Waals surface area contributed by atoms with Crippen LogP contribution in [0.4, 0.5) is 0 Å². The van der Waals surface area contributed by atoms with Gasteiger partial charge in [0, 0.05) is 17.1 Å². The number of aromatic nitrogens is 3. The van der Waals surface area contributed by atoms with Gasteiger partial charge in [-0.1, -0.05) is 51.4 Å². The number of hydrogen-bond acceptors (Lipinski definition) is 5. The molecule has 0 aliphatic rings. The smallest absolute Gasteiger partial charge is 0.233 e. The van der Waals surface area contributed by atoms with Gasteiger partial charge in [0.05, 0.1) is 23.1 Å². The molecule has 0 saturated carbocycles. The molecular formula is C19H18BrClN4O2S. The maximum atomic E-state index is 12.0. The lowest BCUT2D eigenvalue weighted by Crippen LogP contribution is -2.27. The van der Waals surface area contributed by atoms with E-state index >= 15 is 0 Å². The van der Waals surface area contributed by atoms with Gasteiger partial charge in [-0.25, -0.2) is 0 Å². The SMILES string of the molecule is CNC(=O)C(C)Sc1nnc(-c2ccc(Br)cc2)n1-c1ccc(OC)c(Cl)c1. The Labute approximate surface area is 180 Å². The first-order valence-corrected chi connectivity index (χ1v) is 10.4. The quantitative estimate of drug-likeness (QED) is 0.522. The molecule has 0 saturated heterocycles. The molecule has 1 atom stereocenters. The molecule has 0 radical (unpaired) electrons. The highest BCUT2D eigenvalue weighted by Gasteiger charge is 2.21. The predicted molar refractivity (Wildman–Crippen MR) is 115 cm³/mol. The summed E-state index contributed by atoms with van der Waals surface area (Å²) in [5.74, 6) is 1.15. The summed E-state index contributed by atoms with van der Waals surface area (Å²) in [6.07, 6.45) is 0. The zero-order valence-corrected chi connectivity index (χ0v) is 18.6. The monoisotopic (exact) mass is 480 g/mol. The van der Waals surface area contributed by atoms with Crippen LogP contribution < -0.4 is 10.1 Å². The van der Waals surface area contributed by atoms with Crippen LogP contribution in [0.25, 0.3) is 17.1 Å². The van der Waals surface area contributed by atoms with Gasteiger partial charge in [0.15, 0.2) is 11.0 Å². The molecule has 1 heterocycles. The summed E-state index contributed by atoms with van der Waals surface area (Å²) in [6.45, 7) is 1.82. The van der Waals surface area contributed by atoms with E-state index in [1.54, 1.807) is 26.3 Å². The molecule has 1 unspecified atom stereocenters. The lowest BCUT2D eigenvalue weighted by Gasteiger charge is -2.14. The molecule has 0 bridgehead atoms. The number of nitrogens with zero attached hydrogens (tertiary/aromatic N) is 3. The van der Waals surface area contributed by atoms with Crippen LogP contribution in [-0.2, 0) is 4.79 Å². The van der Waals surface area contributed by atoms with Gasteiger partial charge in [-0.15, -0.1) is 10.2 Å². The molecule has 3 rings (SSSR count). The first-order chi connectivity index (χ1) is 13.4. The normalized spacial score (nSPS) is 11.9. The summed E-state index contributed by atoms with van der Waals surface area (Å²) < 4.78 is 8.11. The maximum absolute atomic E-state index is 12.0. The molecule has 0 aliphatic heterocycles. The van der Waals surface area contributed by atoms with Gasteiger partial charge in [0.2, 0.25) is 5.91 Å². The number of amides is 1. The molecule has 6 nitrogen and oxygen atoms in total. The zero-order valence-electron chi connectivity index (χ0n) is 15.4. The second kappa shape index (κ2) is 8.98. The third-order valence-electron chi connectivity index (χ3n) is 4.03. The Morgan fingerprint density at radius 3 is 2.57 bits per heavy atom. The first kappa shape index (κ1) is 20.7. The van der Waals surface area contributed by atoms with Crippen LogP contribution in [0.3, 0.4) is 0 Å². The highest BCUT2D eigenvalue weighted by atomic mass is 79.9. The number of rotatable bonds is 6. The van der Waals surface area contributed by atoms with Gasteiger partial charge in [-0.3, -0.25) is 9.36 Å². The summed E-state index contributed by atoms with van der Waals surface area (Å²) in [7, 11) is 3.18. The molecule has 0 aliphatic carbocycles. The number of halogens is 2. The lowest BCUT2D eigenvalue weighted by atomic mass is 10.2. The Morgan fingerprint density at radius 1 is 1.25 bits per heavy atom. The Morgan fingerprint density at radius 2 is 1.96 bits per heavy atom. The molecular weight excluding hydrogens is 464 g/mol. The minimum Gasteiger partial charge on any atom is -0.495 e. The van der Waals surface area contributed by atoms with Crippen molar-refractivity contribution in [3.63, 3.8) is 0 Å². The average Bonchev–Trinajstić information content (AvgIpc) is 3.11. The molecule has 0 spiro atoms. The van der Waals surface area contributed by atoms with Crippen molar-refractivity contribution in [3.8, 4) is 22.8 Å². The number of nitrogens with one attached hydrogen (secondary N) is 1. The van der Waals surface area contributed by atoms with Crippen molar-refractivity contribution in [1.29, 1.82) is 0 Å². The van der Waals surface area contributed by atoms with Crippen LogP contribution >= 0.6 is 39.3 Å². The average molecular weight is 482 g/mol. The van der Waals surface area contributed by atoms with Crippen LogP contribution in [0.1, 0.15) is 6.92 Å². The summed E-state index contributed by atoms with van der Waals surface area (Å²) in [4.78, 5) is 12.0. The topological polar surface area (TPSA) is 69.0 Å². The summed E-state index contributed by atoms with van der Waals surface area (Å²) in [5, 5.41) is 12.1. The van der Waals surface area contributed by atoms with Crippen molar-refractivity contribution in [3.05, 3.63) is 52.0 Å². The van der Waals surface area contributed by atoms with Crippen molar-refractivity contribution < 1.29 is 9.53 Å². The van der Waals surface area contributed by atoms with Crippen LogP contribution in [0.2, 0.25) is 5.02 Å². The maximum Gasteiger partial charge on any atom is 0.233 e. The van der Waals surface area contributed by atoms with Crippen molar-refractivity contribution in [2.75, 3.05) is 14.2 Å². The van der Waals surface area contributed by atoms with Gasteiger partial charge in [0.25, 0.3) is 0 Å². The molecule has 2 aromatic carbocycles. The lowest BCUT2D eigenvalue weighted by molar-refractivity contribution is -0.119. The highest BCUT2D eigenvalue weighted by molar-refractivity contribution is 9.10. The van der Waals surface area contributed by atoms with E-state index in [4.69, 9.17) is 16.3 Å². The molecule has 0 fully saturated rings. The fourth-order valence-electron chi connectivity index (χ4n) is 2.57. The standard InChI is InChI=1S/C19H18BrClN4O2S/c1-11(18(26)22-2)28-19-24-23-17(12-4-6-13(20)7-5-12)25(19)14-8-9-16(27-3)15(21)10-14/h4-11H,1-3H3,(H,22,26). The fourth-order valence-corrected chi connectivity index (χ4v) is 4.02. The van der Waals surface area contributed by atoms with E-state index in [1.807, 2.05) is 41.8 Å². The van der Waals surface area contributed by atoms with Crippen molar-refractivity contribution >= 4 is 45.2 Å². The van der Waals surface area contributed by atoms with E-state index in [-0.39, 0.29) is 11.2 Å². The number of carbonyl (C=O) groups is 1. The third kappa shape index (κ3) is 4.34. The van der Waals surface area contributed by atoms with Gasteiger partial charge in [0.1, 0.15) is 5.75 Å². The van der Waals surface area contributed by atoms with E-state index in [2.05, 4.69) is 31.4 Å². The summed E-state index contributed by atoms with van der Waals surface area (Å²) >= 11 is 11.1. The largest absolute Gasteiger partial charge is 0.495 e. The van der Waals surface area contributed by atoms with Gasteiger partial charge in [-0.05, 0) is 37.3 Å². The number of carbonyl (C=O) groups excluding carboxylic acids is 1. The second-order valence-electron chi connectivity index (χ2n) is 5.84. The molecule has 9 heteroatoms. The zero-order chi connectivity index (χ0) is 20.3. The second-order valence-corrected chi connectivity index (χ2v) is 8.47. The Balaban J connectivity index is 2.12. The molecule has 146 valence electrons. The van der Waals surface area contributed by atoms with Crippen molar-refractivity contribution in [1.82, 2.24) is 20.1 Å². The van der Waals surface area contributed by atoms with Gasteiger partial charge >= 0.3 is 0 Å². The van der Waals surface area contributed by atoms with Crippen LogP contribution in [0.15, 0.2) is 52.1 Å². The molecule has 28 heavy (non-hydrogen) atoms. The number of benzene rings is 2. The van der Waals surface area contributed by atoms with E-state index < -0.39 is 0 Å². The number of ether oxygens (including phenoxy) is 1. The number of methoxy groups -OCH3 is 1. The number of thioether (sulfide) groups is 1. The summed E-state index contributed by atoms with van der Waals surface area (Å²) in [5.41, 5.74) is 1.67. The van der Waals surface area contributed by atoms with E-state index in [9.17, 15) is 4.79 Å². The van der Waals surface area contributed by atoms with E-state index in [0.29, 0.717) is 21.8 Å². The predicted octanol–water partition coefficient (Wildman–Crippen LogP) is 4.59. The first-order valence-electron chi connectivity index (χ1n) is 8.38. The Hall–Kier alpha value is -2.03. The fraction of sp³-hybridized carbons (Fsp3) is 0.211.